The largest absolute Gasteiger partial charge is 0.396 e. The van der Waals surface area contributed by atoms with E-state index < -0.39 is 0 Å². The molecule has 0 aromatic carbocycles. The number of aliphatic hydroxyl groups is 1. The van der Waals surface area contributed by atoms with Crippen LogP contribution in [0, 0.1) is 5.92 Å². The van der Waals surface area contributed by atoms with E-state index in [9.17, 15) is 4.79 Å². The molecule has 0 saturated carbocycles. The van der Waals surface area contributed by atoms with Crippen molar-refractivity contribution in [2.24, 2.45) is 5.92 Å². The van der Waals surface area contributed by atoms with E-state index in [0.717, 1.165) is 38.6 Å². The van der Waals surface area contributed by atoms with Crippen molar-refractivity contribution in [1.82, 2.24) is 4.90 Å². The van der Waals surface area contributed by atoms with Crippen LogP contribution in [0.5, 0.6) is 0 Å². The van der Waals surface area contributed by atoms with E-state index in [4.69, 9.17) is 5.11 Å². The Morgan fingerprint density at radius 3 is 2.88 bits per heavy atom. The van der Waals surface area contributed by atoms with Crippen molar-refractivity contribution < 1.29 is 9.90 Å². The number of aliphatic hydroxyl groups excluding tert-OH is 1. The zero-order valence-electron chi connectivity index (χ0n) is 10.2. The van der Waals surface area contributed by atoms with E-state index in [1.165, 1.54) is 0 Å². The Morgan fingerprint density at radius 1 is 1.44 bits per heavy atom. The van der Waals surface area contributed by atoms with Gasteiger partial charge >= 0.3 is 0 Å². The molecule has 1 rings (SSSR count). The summed E-state index contributed by atoms with van der Waals surface area (Å²) in [7, 11) is 1.87. The van der Waals surface area contributed by atoms with Crippen LogP contribution >= 0.6 is 0 Å². The first kappa shape index (κ1) is 13.2. The Morgan fingerprint density at radius 2 is 2.25 bits per heavy atom. The summed E-state index contributed by atoms with van der Waals surface area (Å²) in [6, 6.07) is 0. The lowest BCUT2D eigenvalue weighted by molar-refractivity contribution is -0.130. The van der Waals surface area contributed by atoms with Crippen molar-refractivity contribution in [1.29, 1.82) is 0 Å². The molecule has 0 spiro atoms. The number of carbonyl (C=O) groups is 1. The van der Waals surface area contributed by atoms with Crippen molar-refractivity contribution in [3.63, 3.8) is 0 Å². The Kier molecular flexibility index (Phi) is 6.16. The molecule has 92 valence electrons. The summed E-state index contributed by atoms with van der Waals surface area (Å²) >= 11 is 0. The molecule has 3 heteroatoms. The predicted octanol–water partition coefficient (Wildman–Crippen LogP) is 1.96. The smallest absolute Gasteiger partial charge is 0.222 e. The fraction of sp³-hybridized carbons (Fsp3) is 0.769. The molecule has 0 heterocycles. The lowest BCUT2D eigenvalue weighted by Crippen LogP contribution is -2.28. The lowest BCUT2D eigenvalue weighted by Gasteiger charge is -2.18. The molecular formula is C13H23NO2. The molecule has 1 atom stereocenters. The van der Waals surface area contributed by atoms with Gasteiger partial charge in [-0.25, -0.2) is 0 Å². The highest BCUT2D eigenvalue weighted by molar-refractivity contribution is 5.76. The molecule has 0 aliphatic heterocycles. The Labute approximate surface area is 98.1 Å². The van der Waals surface area contributed by atoms with Gasteiger partial charge in [-0.3, -0.25) is 4.79 Å². The Hall–Kier alpha value is -0.830. The minimum Gasteiger partial charge on any atom is -0.396 e. The van der Waals surface area contributed by atoms with Gasteiger partial charge in [0, 0.05) is 26.6 Å². The van der Waals surface area contributed by atoms with Gasteiger partial charge in [-0.2, -0.15) is 0 Å². The first-order valence-electron chi connectivity index (χ1n) is 6.25. The molecule has 1 aliphatic carbocycles. The maximum atomic E-state index is 11.8. The first-order chi connectivity index (χ1) is 7.74. The van der Waals surface area contributed by atoms with Crippen LogP contribution in [-0.4, -0.2) is 36.1 Å². The Balaban J connectivity index is 2.12. The molecular weight excluding hydrogens is 202 g/mol. The molecule has 0 aromatic heterocycles. The number of amides is 1. The normalized spacial score (nSPS) is 19.0. The average molecular weight is 225 g/mol. The fourth-order valence-corrected chi connectivity index (χ4v) is 2.01. The highest BCUT2D eigenvalue weighted by Gasteiger charge is 2.16. The number of unbranched alkanes of at least 4 members (excludes halogenated alkanes) is 2. The second kappa shape index (κ2) is 7.44. The van der Waals surface area contributed by atoms with E-state index in [2.05, 4.69) is 12.2 Å². The molecule has 0 bridgehead atoms. The number of hydrogen-bond donors (Lipinski definition) is 1. The molecule has 1 aliphatic rings. The summed E-state index contributed by atoms with van der Waals surface area (Å²) in [5.74, 6) is 0.716. The van der Waals surface area contributed by atoms with E-state index in [0.29, 0.717) is 12.3 Å². The van der Waals surface area contributed by atoms with Gasteiger partial charge in [0.25, 0.3) is 0 Å². The van der Waals surface area contributed by atoms with Crippen molar-refractivity contribution >= 4 is 5.91 Å². The van der Waals surface area contributed by atoms with Gasteiger partial charge in [0.15, 0.2) is 0 Å². The topological polar surface area (TPSA) is 40.5 Å². The highest BCUT2D eigenvalue weighted by Crippen LogP contribution is 2.20. The van der Waals surface area contributed by atoms with E-state index in [-0.39, 0.29) is 12.5 Å². The van der Waals surface area contributed by atoms with Crippen LogP contribution in [0.1, 0.15) is 38.5 Å². The third-order valence-electron chi connectivity index (χ3n) is 3.13. The number of rotatable bonds is 7. The molecule has 3 nitrogen and oxygen atoms in total. The molecule has 0 saturated heterocycles. The van der Waals surface area contributed by atoms with Crippen LogP contribution < -0.4 is 0 Å². The van der Waals surface area contributed by atoms with Crippen molar-refractivity contribution in [3.05, 3.63) is 12.2 Å². The van der Waals surface area contributed by atoms with E-state index in [1.54, 1.807) is 0 Å². The number of allylic oxidation sites excluding steroid dienone is 2. The second-order valence-electron chi connectivity index (χ2n) is 4.57. The quantitative estimate of drug-likeness (QED) is 0.531. The molecule has 1 amide bonds. The lowest BCUT2D eigenvalue weighted by atomic mass is 10.0. The third-order valence-corrected chi connectivity index (χ3v) is 3.13. The van der Waals surface area contributed by atoms with Gasteiger partial charge in [0.05, 0.1) is 0 Å². The van der Waals surface area contributed by atoms with Crippen LogP contribution in [0.4, 0.5) is 0 Å². The number of carbonyl (C=O) groups excluding carboxylic acids is 1. The SMILES string of the molecule is CN(CCCCCO)C(=O)CC1C=CCC1. The zero-order valence-corrected chi connectivity index (χ0v) is 10.2. The predicted molar refractivity (Wildman–Crippen MR) is 65.1 cm³/mol. The van der Waals surface area contributed by atoms with Gasteiger partial charge in [-0.05, 0) is 38.0 Å². The highest BCUT2D eigenvalue weighted by atomic mass is 16.2. The summed E-state index contributed by atoms with van der Waals surface area (Å²) < 4.78 is 0. The molecule has 0 fully saturated rings. The van der Waals surface area contributed by atoms with E-state index >= 15 is 0 Å². The second-order valence-corrected chi connectivity index (χ2v) is 4.57. The monoisotopic (exact) mass is 225 g/mol. The summed E-state index contributed by atoms with van der Waals surface area (Å²) in [4.78, 5) is 13.6. The standard InChI is InChI=1S/C13H23NO2/c1-14(9-5-2-6-10-15)13(16)11-12-7-3-4-8-12/h3,7,12,15H,2,4-6,8-11H2,1H3. The number of nitrogens with zero attached hydrogens (tertiary/aromatic N) is 1. The van der Waals surface area contributed by atoms with Gasteiger partial charge in [0.1, 0.15) is 0 Å². The molecule has 0 radical (unpaired) electrons. The van der Waals surface area contributed by atoms with Gasteiger partial charge < -0.3 is 10.0 Å². The van der Waals surface area contributed by atoms with Crippen LogP contribution in [0.2, 0.25) is 0 Å². The maximum absolute atomic E-state index is 11.8. The van der Waals surface area contributed by atoms with Crippen LogP contribution in [0.3, 0.4) is 0 Å². The maximum Gasteiger partial charge on any atom is 0.222 e. The van der Waals surface area contributed by atoms with Gasteiger partial charge in [-0.15, -0.1) is 0 Å². The van der Waals surface area contributed by atoms with Gasteiger partial charge in [-0.1, -0.05) is 12.2 Å². The van der Waals surface area contributed by atoms with Crippen molar-refractivity contribution in [3.8, 4) is 0 Å². The summed E-state index contributed by atoms with van der Waals surface area (Å²) in [6.45, 7) is 1.07. The third kappa shape index (κ3) is 4.79. The zero-order chi connectivity index (χ0) is 11.8. The van der Waals surface area contributed by atoms with Crippen molar-refractivity contribution in [2.45, 2.75) is 38.5 Å². The summed E-state index contributed by atoms with van der Waals surface area (Å²) in [6.07, 6.45) is 10.1. The minimum absolute atomic E-state index is 0.251. The van der Waals surface area contributed by atoms with Crippen molar-refractivity contribution in [2.75, 3.05) is 20.2 Å². The van der Waals surface area contributed by atoms with Gasteiger partial charge in [0.2, 0.25) is 5.91 Å². The van der Waals surface area contributed by atoms with E-state index in [1.807, 2.05) is 11.9 Å². The fourth-order valence-electron chi connectivity index (χ4n) is 2.01. The molecule has 1 N–H and O–H groups in total. The molecule has 1 unspecified atom stereocenters. The Bertz CT molecular complexity index is 238. The molecule has 0 aromatic rings. The average Bonchev–Trinajstić information content (AvgIpc) is 2.76. The number of hydrogen-bond acceptors (Lipinski definition) is 2. The van der Waals surface area contributed by atoms with Crippen LogP contribution in [-0.2, 0) is 4.79 Å². The minimum atomic E-state index is 0.251. The first-order valence-corrected chi connectivity index (χ1v) is 6.25. The van der Waals surface area contributed by atoms with Crippen LogP contribution in [0.15, 0.2) is 12.2 Å². The summed E-state index contributed by atoms with van der Waals surface area (Å²) in [5, 5.41) is 8.64. The molecule has 16 heavy (non-hydrogen) atoms. The van der Waals surface area contributed by atoms with Crippen LogP contribution in [0.25, 0.3) is 0 Å². The summed E-state index contributed by atoms with van der Waals surface area (Å²) in [5.41, 5.74) is 0.